The molecule has 0 radical (unpaired) electrons. The monoisotopic (exact) mass is 376 g/mol. The van der Waals surface area contributed by atoms with Crippen LogP contribution in [0.4, 0.5) is 0 Å². The van der Waals surface area contributed by atoms with E-state index in [1.54, 1.807) is 6.92 Å². The predicted octanol–water partition coefficient (Wildman–Crippen LogP) is 2.07. The predicted molar refractivity (Wildman–Crippen MR) is 104 cm³/mol. The van der Waals surface area contributed by atoms with Crippen molar-refractivity contribution in [2.45, 2.75) is 44.9 Å². The Morgan fingerprint density at radius 2 is 2.15 bits per heavy atom. The molecule has 1 aromatic carbocycles. The van der Waals surface area contributed by atoms with Gasteiger partial charge in [0.05, 0.1) is 32.0 Å². The number of aryl methyl sites for hydroxylation is 1. The van der Waals surface area contributed by atoms with Crippen molar-refractivity contribution in [1.82, 2.24) is 10.2 Å². The second-order valence-electron chi connectivity index (χ2n) is 7.43. The molecule has 2 heterocycles. The second-order valence-corrected chi connectivity index (χ2v) is 7.43. The van der Waals surface area contributed by atoms with Crippen LogP contribution in [0.15, 0.2) is 24.3 Å². The van der Waals surface area contributed by atoms with E-state index in [1.165, 1.54) is 11.1 Å². The minimum atomic E-state index is -0.475. The quantitative estimate of drug-likeness (QED) is 0.753. The summed E-state index contributed by atoms with van der Waals surface area (Å²) in [5.41, 5.74) is 2.45. The zero-order valence-corrected chi connectivity index (χ0v) is 16.5. The van der Waals surface area contributed by atoms with Crippen molar-refractivity contribution in [1.29, 1.82) is 0 Å². The van der Waals surface area contributed by atoms with Gasteiger partial charge in [0.1, 0.15) is 6.10 Å². The van der Waals surface area contributed by atoms with Crippen LogP contribution in [0.2, 0.25) is 0 Å². The van der Waals surface area contributed by atoms with Crippen LogP contribution in [-0.2, 0) is 19.0 Å². The summed E-state index contributed by atoms with van der Waals surface area (Å²) in [6.45, 7) is 8.97. The van der Waals surface area contributed by atoms with Crippen LogP contribution in [0.3, 0.4) is 0 Å². The molecule has 2 aliphatic heterocycles. The molecule has 1 N–H and O–H groups in total. The number of benzene rings is 1. The Morgan fingerprint density at radius 3 is 2.85 bits per heavy atom. The fourth-order valence-corrected chi connectivity index (χ4v) is 3.67. The molecule has 0 saturated carbocycles. The average molecular weight is 376 g/mol. The van der Waals surface area contributed by atoms with E-state index >= 15 is 0 Å². The number of ether oxygens (including phenoxy) is 3. The standard InChI is InChI=1S/C21H32N2O4/c1-16-5-3-6-18(13-16)20(23-8-11-25-12-9-23)14-22-21(24)17(2)27-15-19-7-4-10-26-19/h3,5-6,13,17,19-20H,4,7-12,14-15H2,1-2H3,(H,22,24). The Morgan fingerprint density at radius 1 is 1.33 bits per heavy atom. The molecule has 6 nitrogen and oxygen atoms in total. The van der Waals surface area contributed by atoms with Crippen LogP contribution in [0.25, 0.3) is 0 Å². The van der Waals surface area contributed by atoms with Gasteiger partial charge in [-0.05, 0) is 32.3 Å². The molecule has 1 amide bonds. The Balaban J connectivity index is 1.55. The summed E-state index contributed by atoms with van der Waals surface area (Å²) in [5, 5.41) is 3.09. The van der Waals surface area contributed by atoms with E-state index in [4.69, 9.17) is 14.2 Å². The van der Waals surface area contributed by atoms with Gasteiger partial charge in [-0.2, -0.15) is 0 Å². The molecule has 3 unspecified atom stereocenters. The van der Waals surface area contributed by atoms with E-state index in [9.17, 15) is 4.79 Å². The highest BCUT2D eigenvalue weighted by atomic mass is 16.5. The molecule has 0 aliphatic carbocycles. The minimum absolute atomic E-state index is 0.0705. The lowest BCUT2D eigenvalue weighted by Gasteiger charge is -2.35. The lowest BCUT2D eigenvalue weighted by molar-refractivity contribution is -0.134. The Labute approximate surface area is 162 Å². The van der Waals surface area contributed by atoms with Crippen molar-refractivity contribution in [3.63, 3.8) is 0 Å². The van der Waals surface area contributed by atoms with Crippen molar-refractivity contribution < 1.29 is 19.0 Å². The largest absolute Gasteiger partial charge is 0.379 e. The summed E-state index contributed by atoms with van der Waals surface area (Å²) in [6.07, 6.45) is 1.75. The summed E-state index contributed by atoms with van der Waals surface area (Å²) < 4.78 is 16.8. The van der Waals surface area contributed by atoms with E-state index in [0.717, 1.165) is 45.8 Å². The zero-order valence-electron chi connectivity index (χ0n) is 16.5. The molecule has 3 atom stereocenters. The molecule has 0 spiro atoms. The Hall–Kier alpha value is -1.47. The molecule has 6 heteroatoms. The van der Waals surface area contributed by atoms with Crippen LogP contribution in [0.5, 0.6) is 0 Å². The first-order chi connectivity index (χ1) is 13.1. The third-order valence-electron chi connectivity index (χ3n) is 5.31. The first kappa shape index (κ1) is 20.3. The highest BCUT2D eigenvalue weighted by molar-refractivity contribution is 5.80. The van der Waals surface area contributed by atoms with Gasteiger partial charge in [0.2, 0.25) is 5.91 Å². The topological polar surface area (TPSA) is 60.0 Å². The van der Waals surface area contributed by atoms with Gasteiger partial charge in [0.15, 0.2) is 0 Å². The summed E-state index contributed by atoms with van der Waals surface area (Å²) in [5.74, 6) is -0.0705. The second kappa shape index (κ2) is 10.2. The number of carbonyl (C=O) groups is 1. The van der Waals surface area contributed by atoms with Crippen LogP contribution in [0.1, 0.15) is 36.9 Å². The lowest BCUT2D eigenvalue weighted by Crippen LogP contribution is -2.45. The van der Waals surface area contributed by atoms with Crippen molar-refractivity contribution in [3.05, 3.63) is 35.4 Å². The number of rotatable bonds is 8. The summed E-state index contributed by atoms with van der Waals surface area (Å²) in [4.78, 5) is 14.9. The zero-order chi connectivity index (χ0) is 19.1. The van der Waals surface area contributed by atoms with Gasteiger partial charge in [-0.1, -0.05) is 29.8 Å². The maximum absolute atomic E-state index is 12.5. The minimum Gasteiger partial charge on any atom is -0.379 e. The molecule has 2 aliphatic rings. The molecule has 2 fully saturated rings. The Bertz CT molecular complexity index is 598. The average Bonchev–Trinajstić information content (AvgIpc) is 3.20. The molecular weight excluding hydrogens is 344 g/mol. The van der Waals surface area contributed by atoms with Gasteiger partial charge < -0.3 is 19.5 Å². The third-order valence-corrected chi connectivity index (χ3v) is 5.31. The first-order valence-corrected chi connectivity index (χ1v) is 10.0. The van der Waals surface area contributed by atoms with E-state index < -0.39 is 6.10 Å². The van der Waals surface area contributed by atoms with E-state index in [0.29, 0.717) is 13.2 Å². The van der Waals surface area contributed by atoms with Gasteiger partial charge in [-0.25, -0.2) is 0 Å². The summed E-state index contributed by atoms with van der Waals surface area (Å²) in [6, 6.07) is 8.65. The number of morpholine rings is 1. The molecule has 27 heavy (non-hydrogen) atoms. The number of amides is 1. The van der Waals surface area contributed by atoms with Gasteiger partial charge in [0.25, 0.3) is 0 Å². The maximum Gasteiger partial charge on any atom is 0.248 e. The molecule has 0 aromatic heterocycles. The molecule has 2 saturated heterocycles. The van der Waals surface area contributed by atoms with Crippen LogP contribution in [0, 0.1) is 6.92 Å². The van der Waals surface area contributed by atoms with Crippen LogP contribution in [-0.4, -0.2) is 69.1 Å². The first-order valence-electron chi connectivity index (χ1n) is 10.0. The van der Waals surface area contributed by atoms with Crippen LogP contribution < -0.4 is 5.32 Å². The number of carbonyl (C=O) groups excluding carboxylic acids is 1. The van der Waals surface area contributed by atoms with Gasteiger partial charge >= 0.3 is 0 Å². The van der Waals surface area contributed by atoms with Crippen molar-refractivity contribution in [2.24, 2.45) is 0 Å². The van der Waals surface area contributed by atoms with E-state index in [1.807, 2.05) is 0 Å². The van der Waals surface area contributed by atoms with Crippen molar-refractivity contribution in [2.75, 3.05) is 46.1 Å². The smallest absolute Gasteiger partial charge is 0.248 e. The van der Waals surface area contributed by atoms with Gasteiger partial charge in [-0.15, -0.1) is 0 Å². The number of hydrogen-bond acceptors (Lipinski definition) is 5. The van der Waals surface area contributed by atoms with Gasteiger partial charge in [-0.3, -0.25) is 9.69 Å². The lowest BCUT2D eigenvalue weighted by atomic mass is 10.0. The Kier molecular flexibility index (Phi) is 7.64. The molecule has 1 aromatic rings. The molecular formula is C21H32N2O4. The number of nitrogens with zero attached hydrogens (tertiary/aromatic N) is 1. The third kappa shape index (κ3) is 6.01. The fraction of sp³-hybridized carbons (Fsp3) is 0.667. The van der Waals surface area contributed by atoms with Crippen molar-refractivity contribution in [3.8, 4) is 0 Å². The normalized spacial score (nSPS) is 23.1. The van der Waals surface area contributed by atoms with Crippen LogP contribution >= 0.6 is 0 Å². The van der Waals surface area contributed by atoms with E-state index in [2.05, 4.69) is 41.4 Å². The SMILES string of the molecule is Cc1cccc(C(CNC(=O)C(C)OCC2CCCO2)N2CCOCC2)c1. The molecule has 150 valence electrons. The number of nitrogens with one attached hydrogen (secondary N) is 1. The molecule has 0 bridgehead atoms. The summed E-state index contributed by atoms with van der Waals surface area (Å²) in [7, 11) is 0. The number of hydrogen-bond donors (Lipinski definition) is 1. The highest BCUT2D eigenvalue weighted by Gasteiger charge is 2.25. The van der Waals surface area contributed by atoms with Gasteiger partial charge in [0, 0.05) is 26.2 Å². The molecule has 3 rings (SSSR count). The van der Waals surface area contributed by atoms with E-state index in [-0.39, 0.29) is 18.1 Å². The summed E-state index contributed by atoms with van der Waals surface area (Å²) >= 11 is 0. The maximum atomic E-state index is 12.5. The highest BCUT2D eigenvalue weighted by Crippen LogP contribution is 2.22. The van der Waals surface area contributed by atoms with Crippen molar-refractivity contribution >= 4 is 5.91 Å². The fourth-order valence-electron chi connectivity index (χ4n) is 3.67.